The molecule has 108 valence electrons. The molecule has 1 N–H and O–H groups in total. The molecule has 3 rings (SSSR count). The number of hydrogen-bond donors (Lipinski definition) is 1. The van der Waals surface area contributed by atoms with Gasteiger partial charge < -0.3 is 9.72 Å². The summed E-state index contributed by atoms with van der Waals surface area (Å²) in [5, 5.41) is 1.81. The number of fused-ring (bicyclic) bond motifs is 1. The number of nitrogens with one attached hydrogen (secondary N) is 1. The van der Waals surface area contributed by atoms with Crippen molar-refractivity contribution in [2.24, 2.45) is 0 Å². The number of aromatic nitrogens is 1. The number of H-pyrrole nitrogens is 1. The van der Waals surface area contributed by atoms with Crippen LogP contribution in [0.3, 0.4) is 0 Å². The van der Waals surface area contributed by atoms with E-state index in [1.807, 2.05) is 31.2 Å². The Kier molecular flexibility index (Phi) is 3.64. The number of benzene rings is 2. The van der Waals surface area contributed by atoms with E-state index in [0.29, 0.717) is 10.9 Å². The average molecular weight is 300 g/mol. The second-order valence-corrected chi connectivity index (χ2v) is 6.03. The Morgan fingerprint density at radius 3 is 2.43 bits per heavy atom. The van der Waals surface area contributed by atoms with Crippen molar-refractivity contribution in [3.63, 3.8) is 0 Å². The molecular formula is C18H18ClNO. The van der Waals surface area contributed by atoms with Crippen LogP contribution in [-0.2, 0) is 0 Å². The fourth-order valence-corrected chi connectivity index (χ4v) is 2.56. The molecule has 2 nitrogen and oxygen atoms in total. The summed E-state index contributed by atoms with van der Waals surface area (Å²) >= 11 is 5.91. The van der Waals surface area contributed by atoms with Crippen molar-refractivity contribution < 1.29 is 4.74 Å². The van der Waals surface area contributed by atoms with E-state index in [9.17, 15) is 0 Å². The van der Waals surface area contributed by atoms with Gasteiger partial charge in [-0.2, -0.15) is 0 Å². The summed E-state index contributed by atoms with van der Waals surface area (Å²) in [6, 6.07) is 13.9. The first-order chi connectivity index (χ1) is 10.0. The Bertz CT molecular complexity index is 772. The van der Waals surface area contributed by atoms with Gasteiger partial charge in [-0.25, -0.2) is 0 Å². The van der Waals surface area contributed by atoms with Gasteiger partial charge in [-0.05, 0) is 54.8 Å². The second-order valence-electron chi connectivity index (χ2n) is 5.59. The first-order valence-electron chi connectivity index (χ1n) is 7.10. The van der Waals surface area contributed by atoms with Gasteiger partial charge in [-0.1, -0.05) is 31.5 Å². The Balaban J connectivity index is 2.02. The molecule has 2 aromatic carbocycles. The van der Waals surface area contributed by atoms with Crippen LogP contribution < -0.4 is 4.74 Å². The first kappa shape index (κ1) is 14.0. The predicted octanol–water partition coefficient (Wildman–Crippen LogP) is 6.05. The van der Waals surface area contributed by atoms with Gasteiger partial charge in [0.15, 0.2) is 5.75 Å². The highest BCUT2D eigenvalue weighted by Crippen LogP contribution is 2.35. The molecule has 0 fully saturated rings. The highest BCUT2D eigenvalue weighted by atomic mass is 35.5. The second kappa shape index (κ2) is 5.45. The van der Waals surface area contributed by atoms with E-state index in [0.717, 1.165) is 28.1 Å². The topological polar surface area (TPSA) is 25.0 Å². The zero-order valence-electron chi connectivity index (χ0n) is 12.4. The van der Waals surface area contributed by atoms with Crippen molar-refractivity contribution in [1.82, 2.24) is 4.98 Å². The average Bonchev–Trinajstić information content (AvgIpc) is 2.76. The van der Waals surface area contributed by atoms with E-state index in [1.54, 1.807) is 0 Å². The van der Waals surface area contributed by atoms with Crippen molar-refractivity contribution in [1.29, 1.82) is 0 Å². The molecular weight excluding hydrogens is 282 g/mol. The molecule has 0 atom stereocenters. The van der Waals surface area contributed by atoms with Crippen molar-refractivity contribution in [2.75, 3.05) is 0 Å². The lowest BCUT2D eigenvalue weighted by Gasteiger charge is -2.07. The van der Waals surface area contributed by atoms with Gasteiger partial charge in [-0.15, -0.1) is 0 Å². The van der Waals surface area contributed by atoms with Crippen molar-refractivity contribution >= 4 is 22.5 Å². The Morgan fingerprint density at radius 2 is 1.76 bits per heavy atom. The van der Waals surface area contributed by atoms with E-state index < -0.39 is 0 Å². The molecule has 0 aliphatic heterocycles. The summed E-state index contributed by atoms with van der Waals surface area (Å²) in [6.07, 6.45) is 0. The van der Waals surface area contributed by atoms with Gasteiger partial charge in [0.25, 0.3) is 0 Å². The van der Waals surface area contributed by atoms with Crippen LogP contribution in [0.4, 0.5) is 0 Å². The molecule has 0 aliphatic rings. The summed E-state index contributed by atoms with van der Waals surface area (Å²) in [6.45, 7) is 6.42. The van der Waals surface area contributed by atoms with Crippen LogP contribution in [0.25, 0.3) is 10.9 Å². The Hall–Kier alpha value is -1.93. The smallest absolute Gasteiger partial charge is 0.155 e. The fourth-order valence-electron chi connectivity index (χ4n) is 2.44. The monoisotopic (exact) mass is 299 g/mol. The normalized spacial score (nSPS) is 11.3. The maximum Gasteiger partial charge on any atom is 0.155 e. The number of hydrogen-bond acceptors (Lipinski definition) is 1. The first-order valence-corrected chi connectivity index (χ1v) is 7.48. The zero-order valence-corrected chi connectivity index (χ0v) is 13.2. The van der Waals surface area contributed by atoms with Crippen molar-refractivity contribution in [2.45, 2.75) is 26.7 Å². The highest BCUT2D eigenvalue weighted by molar-refractivity contribution is 6.30. The van der Waals surface area contributed by atoms with E-state index in [2.05, 4.69) is 37.0 Å². The molecule has 0 saturated heterocycles. The summed E-state index contributed by atoms with van der Waals surface area (Å²) in [5.41, 5.74) is 3.46. The van der Waals surface area contributed by atoms with E-state index in [-0.39, 0.29) is 0 Å². The van der Waals surface area contributed by atoms with E-state index >= 15 is 0 Å². The van der Waals surface area contributed by atoms with E-state index in [4.69, 9.17) is 16.3 Å². The minimum atomic E-state index is 0.513. The highest BCUT2D eigenvalue weighted by Gasteiger charge is 2.12. The summed E-state index contributed by atoms with van der Waals surface area (Å²) in [4.78, 5) is 3.40. The minimum absolute atomic E-state index is 0.513. The Labute approximate surface area is 129 Å². The number of rotatable bonds is 3. The third-order valence-electron chi connectivity index (χ3n) is 3.65. The molecule has 0 radical (unpaired) electrons. The molecule has 0 saturated carbocycles. The molecule has 0 amide bonds. The molecule has 1 heterocycles. The van der Waals surface area contributed by atoms with Crippen LogP contribution >= 0.6 is 11.6 Å². The molecule has 0 bridgehead atoms. The molecule has 0 aliphatic carbocycles. The number of aryl methyl sites for hydroxylation is 1. The summed E-state index contributed by atoms with van der Waals surface area (Å²) in [5.74, 6) is 2.18. The van der Waals surface area contributed by atoms with Crippen LogP contribution in [0, 0.1) is 6.92 Å². The van der Waals surface area contributed by atoms with Gasteiger partial charge in [0.1, 0.15) is 5.75 Å². The molecule has 1 aromatic heterocycles. The Morgan fingerprint density at radius 1 is 1.05 bits per heavy atom. The molecule has 21 heavy (non-hydrogen) atoms. The lowest BCUT2D eigenvalue weighted by molar-refractivity contribution is 0.484. The summed E-state index contributed by atoms with van der Waals surface area (Å²) < 4.78 is 6.03. The van der Waals surface area contributed by atoms with Crippen LogP contribution in [0.15, 0.2) is 42.5 Å². The van der Waals surface area contributed by atoms with Gasteiger partial charge in [-0.3, -0.25) is 0 Å². The van der Waals surface area contributed by atoms with Gasteiger partial charge >= 0.3 is 0 Å². The quantitative estimate of drug-likeness (QED) is 0.626. The summed E-state index contributed by atoms with van der Waals surface area (Å²) in [7, 11) is 0. The number of ether oxygens (including phenoxy) is 1. The van der Waals surface area contributed by atoms with Crippen molar-refractivity contribution in [3.05, 3.63) is 58.7 Å². The van der Waals surface area contributed by atoms with Gasteiger partial charge in [0.2, 0.25) is 0 Å². The zero-order chi connectivity index (χ0) is 15.0. The third kappa shape index (κ3) is 2.77. The van der Waals surface area contributed by atoms with Crippen molar-refractivity contribution in [3.8, 4) is 11.5 Å². The molecule has 3 aromatic rings. The number of halogens is 1. The SMILES string of the molecule is Cc1[nH]c2cc(C(C)C)ccc2c1Oc1ccc(Cl)cc1. The maximum absolute atomic E-state index is 6.03. The predicted molar refractivity (Wildman–Crippen MR) is 88.7 cm³/mol. The maximum atomic E-state index is 6.03. The molecule has 0 unspecified atom stereocenters. The standard InChI is InChI=1S/C18H18ClNO/c1-11(2)13-4-9-16-17(10-13)20-12(3)18(16)21-15-7-5-14(19)6-8-15/h4-11,20H,1-3H3. The lowest BCUT2D eigenvalue weighted by Crippen LogP contribution is -1.87. The molecule has 0 spiro atoms. The minimum Gasteiger partial charge on any atom is -0.455 e. The van der Waals surface area contributed by atoms with E-state index in [1.165, 1.54) is 5.56 Å². The fraction of sp³-hybridized carbons (Fsp3) is 0.222. The molecule has 3 heteroatoms. The van der Waals surface area contributed by atoms with Gasteiger partial charge in [0, 0.05) is 15.9 Å². The van der Waals surface area contributed by atoms with Crippen LogP contribution in [0.2, 0.25) is 5.02 Å². The van der Waals surface area contributed by atoms with Crippen LogP contribution in [0.5, 0.6) is 11.5 Å². The third-order valence-corrected chi connectivity index (χ3v) is 3.90. The largest absolute Gasteiger partial charge is 0.455 e. The van der Waals surface area contributed by atoms with Gasteiger partial charge in [0.05, 0.1) is 5.69 Å². The lowest BCUT2D eigenvalue weighted by atomic mass is 10.0. The van der Waals surface area contributed by atoms with Crippen LogP contribution in [-0.4, -0.2) is 4.98 Å². The number of aromatic amines is 1. The van der Waals surface area contributed by atoms with Crippen LogP contribution in [0.1, 0.15) is 31.0 Å².